The average molecular weight is 957 g/mol. The molecule has 0 aromatic heterocycles. The number of carbonyl (C=O) groups is 2. The Bertz CT molecular complexity index is 1100. The summed E-state index contributed by atoms with van der Waals surface area (Å²) in [6, 6.07) is -0.642. The smallest absolute Gasteiger partial charge is 0.305 e. The third-order valence-corrected chi connectivity index (χ3v) is 13.9. The van der Waals surface area contributed by atoms with Gasteiger partial charge in [0.1, 0.15) is 0 Å². The molecule has 0 aliphatic carbocycles. The van der Waals surface area contributed by atoms with Crippen molar-refractivity contribution in [2.45, 2.75) is 334 Å². The fraction of sp³-hybridized carbons (Fsp3) is 0.871. The molecule has 2 unspecified atom stereocenters. The van der Waals surface area contributed by atoms with Crippen molar-refractivity contribution in [3.8, 4) is 0 Å². The zero-order valence-corrected chi connectivity index (χ0v) is 45.6. The Labute approximate surface area is 424 Å². The summed E-state index contributed by atoms with van der Waals surface area (Å²) in [4.78, 5) is 24.5. The molecule has 0 rings (SSSR count). The van der Waals surface area contributed by atoms with Crippen LogP contribution in [-0.4, -0.2) is 47.4 Å². The summed E-state index contributed by atoms with van der Waals surface area (Å²) in [5.41, 5.74) is 0. The lowest BCUT2D eigenvalue weighted by molar-refractivity contribution is -0.143. The average Bonchev–Trinajstić information content (AvgIpc) is 3.34. The van der Waals surface area contributed by atoms with Gasteiger partial charge in [-0.1, -0.05) is 281 Å². The summed E-state index contributed by atoms with van der Waals surface area (Å²) in [5.74, 6) is -0.106. The molecule has 0 heterocycles. The normalized spacial score (nSPS) is 12.8. The standard InChI is InChI=1S/C62H117NO5/c1-3-5-7-9-11-13-15-17-19-20-21-22-23-24-25-26-27-29-30-34-38-42-46-50-54-60(65)59(58-64)63-61(66)55-51-47-43-39-35-32-33-37-41-45-49-53-57-68-62(67)56-52-48-44-40-36-31-28-18-16-14-12-10-8-6-4-2/h12,14,18,28,50,54,59-60,64-65H,3-11,13,15-17,19-27,29-49,51-53,55-58H2,1-2H3,(H,63,66)/b14-12-,28-18-,54-50+. The van der Waals surface area contributed by atoms with Gasteiger partial charge in [-0.3, -0.25) is 9.59 Å². The fourth-order valence-corrected chi connectivity index (χ4v) is 9.25. The number of hydrogen-bond acceptors (Lipinski definition) is 5. The van der Waals surface area contributed by atoms with Crippen LogP contribution in [0.5, 0.6) is 0 Å². The van der Waals surface area contributed by atoms with E-state index in [1.54, 1.807) is 6.08 Å². The van der Waals surface area contributed by atoms with Crippen molar-refractivity contribution in [1.82, 2.24) is 5.32 Å². The van der Waals surface area contributed by atoms with Crippen LogP contribution in [0.2, 0.25) is 0 Å². The third-order valence-electron chi connectivity index (χ3n) is 13.9. The first-order valence-corrected chi connectivity index (χ1v) is 30.3. The number of aliphatic hydroxyl groups is 2. The van der Waals surface area contributed by atoms with Gasteiger partial charge in [-0.2, -0.15) is 0 Å². The molecule has 0 aromatic carbocycles. The lowest BCUT2D eigenvalue weighted by atomic mass is 10.0. The number of rotatable bonds is 56. The van der Waals surface area contributed by atoms with E-state index in [0.717, 1.165) is 70.6 Å². The summed E-state index contributed by atoms with van der Waals surface area (Å²) >= 11 is 0. The summed E-state index contributed by atoms with van der Waals surface area (Å²) in [7, 11) is 0. The highest BCUT2D eigenvalue weighted by Crippen LogP contribution is 2.17. The highest BCUT2D eigenvalue weighted by Gasteiger charge is 2.18. The van der Waals surface area contributed by atoms with Gasteiger partial charge in [0.25, 0.3) is 0 Å². The van der Waals surface area contributed by atoms with Crippen molar-refractivity contribution in [1.29, 1.82) is 0 Å². The van der Waals surface area contributed by atoms with Crippen molar-refractivity contribution in [2.75, 3.05) is 13.2 Å². The summed E-state index contributed by atoms with van der Waals surface area (Å²) in [6.07, 6.45) is 71.7. The maximum absolute atomic E-state index is 12.5. The Morgan fingerprint density at radius 3 is 1.15 bits per heavy atom. The van der Waals surface area contributed by atoms with Crippen LogP contribution in [-0.2, 0) is 14.3 Å². The van der Waals surface area contributed by atoms with Gasteiger partial charge < -0.3 is 20.3 Å². The molecule has 0 saturated carbocycles. The first-order chi connectivity index (χ1) is 33.5. The van der Waals surface area contributed by atoms with E-state index in [-0.39, 0.29) is 18.5 Å². The SMILES string of the molecule is CCCCC/C=C\C/C=C\CCCCCCCC(=O)OCCCCCCCCCCCCCCC(=O)NC(CO)C(O)/C=C/CCCCCCCCCCCCCCCCCCCCCCCC. The number of ether oxygens (including phenoxy) is 1. The van der Waals surface area contributed by atoms with Crippen LogP contribution in [0.1, 0.15) is 322 Å². The summed E-state index contributed by atoms with van der Waals surface area (Å²) in [6.45, 7) is 4.85. The molecule has 0 spiro atoms. The molecule has 0 bridgehead atoms. The van der Waals surface area contributed by atoms with Crippen molar-refractivity contribution in [3.05, 3.63) is 36.5 Å². The molecular formula is C62H117NO5. The van der Waals surface area contributed by atoms with Crippen LogP contribution in [0, 0.1) is 0 Å². The van der Waals surface area contributed by atoms with Crippen LogP contribution >= 0.6 is 0 Å². The molecule has 0 radical (unpaired) electrons. The van der Waals surface area contributed by atoms with Crippen molar-refractivity contribution in [3.63, 3.8) is 0 Å². The van der Waals surface area contributed by atoms with Crippen LogP contribution in [0.4, 0.5) is 0 Å². The Morgan fingerprint density at radius 1 is 0.412 bits per heavy atom. The zero-order chi connectivity index (χ0) is 49.3. The molecule has 3 N–H and O–H groups in total. The number of unbranched alkanes of at least 4 members (excludes halogenated alkanes) is 41. The van der Waals surface area contributed by atoms with Gasteiger partial charge in [-0.05, 0) is 64.2 Å². The first-order valence-electron chi connectivity index (χ1n) is 30.3. The van der Waals surface area contributed by atoms with E-state index >= 15 is 0 Å². The highest BCUT2D eigenvalue weighted by molar-refractivity contribution is 5.76. The van der Waals surface area contributed by atoms with Gasteiger partial charge in [-0.25, -0.2) is 0 Å². The number of hydrogen-bond donors (Lipinski definition) is 3. The van der Waals surface area contributed by atoms with E-state index in [0.29, 0.717) is 19.4 Å². The van der Waals surface area contributed by atoms with E-state index in [1.807, 2.05) is 6.08 Å². The molecule has 400 valence electrons. The van der Waals surface area contributed by atoms with Crippen LogP contribution in [0.25, 0.3) is 0 Å². The Morgan fingerprint density at radius 2 is 0.735 bits per heavy atom. The van der Waals surface area contributed by atoms with Gasteiger partial charge in [0, 0.05) is 12.8 Å². The van der Waals surface area contributed by atoms with Gasteiger partial charge in [0.2, 0.25) is 5.91 Å². The molecule has 0 aliphatic heterocycles. The fourth-order valence-electron chi connectivity index (χ4n) is 9.25. The summed E-state index contributed by atoms with van der Waals surface area (Å²) < 4.78 is 5.46. The van der Waals surface area contributed by atoms with Crippen molar-refractivity contribution < 1.29 is 24.5 Å². The van der Waals surface area contributed by atoms with E-state index in [9.17, 15) is 19.8 Å². The van der Waals surface area contributed by atoms with Gasteiger partial charge in [0.05, 0.1) is 25.4 Å². The molecule has 2 atom stereocenters. The Hall–Kier alpha value is -1.92. The first kappa shape index (κ1) is 66.1. The van der Waals surface area contributed by atoms with Crippen LogP contribution in [0.15, 0.2) is 36.5 Å². The Balaban J connectivity index is 3.49. The zero-order valence-electron chi connectivity index (χ0n) is 45.6. The topological polar surface area (TPSA) is 95.9 Å². The molecule has 0 aromatic rings. The molecule has 68 heavy (non-hydrogen) atoms. The molecule has 0 aliphatic rings. The second-order valence-corrected chi connectivity index (χ2v) is 20.7. The number of allylic oxidation sites excluding steroid dienone is 5. The molecular weight excluding hydrogens is 839 g/mol. The third kappa shape index (κ3) is 53.4. The molecule has 6 nitrogen and oxygen atoms in total. The number of aliphatic hydroxyl groups excluding tert-OH is 2. The lowest BCUT2D eigenvalue weighted by Crippen LogP contribution is -2.45. The number of amides is 1. The number of carbonyl (C=O) groups excluding carboxylic acids is 2. The van der Waals surface area contributed by atoms with Gasteiger partial charge >= 0.3 is 5.97 Å². The predicted molar refractivity (Wildman–Crippen MR) is 296 cm³/mol. The number of nitrogens with one attached hydrogen (secondary N) is 1. The van der Waals surface area contributed by atoms with Crippen molar-refractivity contribution >= 4 is 11.9 Å². The number of esters is 1. The van der Waals surface area contributed by atoms with E-state index in [1.165, 1.54) is 225 Å². The quantitative estimate of drug-likeness (QED) is 0.0321. The second kappa shape index (κ2) is 57.7. The lowest BCUT2D eigenvalue weighted by Gasteiger charge is -2.20. The van der Waals surface area contributed by atoms with E-state index < -0.39 is 12.1 Å². The maximum Gasteiger partial charge on any atom is 0.305 e. The highest BCUT2D eigenvalue weighted by atomic mass is 16.5. The molecule has 1 amide bonds. The minimum absolute atomic E-state index is 0.0243. The maximum atomic E-state index is 12.5. The van der Waals surface area contributed by atoms with Crippen LogP contribution < -0.4 is 5.32 Å². The largest absolute Gasteiger partial charge is 0.466 e. The van der Waals surface area contributed by atoms with Crippen molar-refractivity contribution in [2.24, 2.45) is 0 Å². The van der Waals surface area contributed by atoms with Crippen LogP contribution in [0.3, 0.4) is 0 Å². The van der Waals surface area contributed by atoms with E-state index in [2.05, 4.69) is 43.5 Å². The molecule has 0 saturated heterocycles. The monoisotopic (exact) mass is 956 g/mol. The predicted octanol–water partition coefficient (Wildman–Crippen LogP) is 18.8. The minimum Gasteiger partial charge on any atom is -0.466 e. The molecule has 6 heteroatoms. The van der Waals surface area contributed by atoms with E-state index in [4.69, 9.17) is 4.74 Å². The van der Waals surface area contributed by atoms with Gasteiger partial charge in [-0.15, -0.1) is 0 Å². The Kier molecular flexibility index (Phi) is 56.0. The minimum atomic E-state index is -0.857. The second-order valence-electron chi connectivity index (χ2n) is 20.7. The molecule has 0 fully saturated rings. The van der Waals surface area contributed by atoms with Gasteiger partial charge in [0.15, 0.2) is 0 Å². The summed E-state index contributed by atoms with van der Waals surface area (Å²) in [5, 5.41) is 23.2.